The van der Waals surface area contributed by atoms with Gasteiger partial charge in [0.25, 0.3) is 0 Å². The number of hydrogen-bond donors (Lipinski definition) is 0. The maximum absolute atomic E-state index is 5.75. The predicted molar refractivity (Wildman–Crippen MR) is 53.1 cm³/mol. The van der Waals surface area contributed by atoms with E-state index >= 15 is 0 Å². The molecule has 0 aliphatic rings. The molecular formula is C8H11ClMgO2. The van der Waals surface area contributed by atoms with E-state index in [2.05, 4.69) is 0 Å². The first-order chi connectivity index (χ1) is 5.26. The van der Waals surface area contributed by atoms with Crippen LogP contribution in [0.5, 0.6) is 11.5 Å². The van der Waals surface area contributed by atoms with Crippen LogP contribution in [-0.2, 0) is 0 Å². The van der Waals surface area contributed by atoms with E-state index in [4.69, 9.17) is 21.1 Å². The van der Waals surface area contributed by atoms with E-state index in [0.717, 1.165) is 0 Å². The highest BCUT2D eigenvalue weighted by Gasteiger charge is 1.97. The average molecular weight is 199 g/mol. The van der Waals surface area contributed by atoms with Gasteiger partial charge in [0, 0.05) is 11.1 Å². The third kappa shape index (κ3) is 3.09. The summed E-state index contributed by atoms with van der Waals surface area (Å²) in [5.74, 6) is 1.41. The Morgan fingerprint density at radius 1 is 1.00 bits per heavy atom. The lowest BCUT2D eigenvalue weighted by Gasteiger charge is -2.03. The minimum absolute atomic E-state index is 0. The Bertz CT molecular complexity index is 231. The second-order valence-corrected chi connectivity index (χ2v) is 2.47. The summed E-state index contributed by atoms with van der Waals surface area (Å²) in [5, 5.41) is 0.612. The Morgan fingerprint density at radius 2 is 1.42 bits per heavy atom. The molecule has 0 radical (unpaired) electrons. The molecule has 12 heavy (non-hydrogen) atoms. The summed E-state index contributed by atoms with van der Waals surface area (Å²) >= 11 is 5.75. The SMILES string of the molecule is COc1cc(Cl)cc(OC)c1.[MgH2]. The molecule has 0 unspecified atom stereocenters. The molecular weight excluding hydrogens is 188 g/mol. The molecule has 0 fully saturated rings. The van der Waals surface area contributed by atoms with Crippen molar-refractivity contribution < 1.29 is 9.47 Å². The zero-order valence-electron chi connectivity index (χ0n) is 6.43. The van der Waals surface area contributed by atoms with Gasteiger partial charge < -0.3 is 9.47 Å². The van der Waals surface area contributed by atoms with Crippen molar-refractivity contribution in [2.75, 3.05) is 14.2 Å². The molecule has 1 aromatic rings. The lowest BCUT2D eigenvalue weighted by Crippen LogP contribution is -1.86. The lowest BCUT2D eigenvalue weighted by atomic mass is 10.3. The standard InChI is InChI=1S/C8H9ClO2.Mg.2H/c1-10-7-3-6(9)4-8(5-7)11-2;;;/h3-5H,1-2H3;;;. The molecule has 2 nitrogen and oxygen atoms in total. The maximum Gasteiger partial charge on any atom is 0.316 e. The molecule has 0 amide bonds. The van der Waals surface area contributed by atoms with Gasteiger partial charge in [-0.15, -0.1) is 0 Å². The monoisotopic (exact) mass is 198 g/mol. The molecule has 0 N–H and O–H groups in total. The molecule has 0 saturated carbocycles. The van der Waals surface area contributed by atoms with Gasteiger partial charge in [0.2, 0.25) is 0 Å². The topological polar surface area (TPSA) is 18.5 Å². The number of halogens is 1. The zero-order chi connectivity index (χ0) is 8.27. The molecule has 64 valence electrons. The van der Waals surface area contributed by atoms with Gasteiger partial charge in [0.1, 0.15) is 11.5 Å². The van der Waals surface area contributed by atoms with Crippen molar-refractivity contribution in [1.82, 2.24) is 0 Å². The van der Waals surface area contributed by atoms with Crippen LogP contribution >= 0.6 is 11.6 Å². The molecule has 4 heteroatoms. The number of hydrogen-bond acceptors (Lipinski definition) is 2. The van der Waals surface area contributed by atoms with Gasteiger partial charge >= 0.3 is 23.1 Å². The van der Waals surface area contributed by atoms with Crippen LogP contribution in [0, 0.1) is 0 Å². The summed E-state index contributed by atoms with van der Waals surface area (Å²) < 4.78 is 9.95. The van der Waals surface area contributed by atoms with Crippen molar-refractivity contribution in [3.63, 3.8) is 0 Å². The highest BCUT2D eigenvalue weighted by molar-refractivity contribution is 6.30. The molecule has 0 saturated heterocycles. The van der Waals surface area contributed by atoms with Gasteiger partial charge in [0.15, 0.2) is 0 Å². The van der Waals surface area contributed by atoms with Crippen molar-refractivity contribution >= 4 is 34.7 Å². The molecule has 0 heterocycles. The summed E-state index contributed by atoms with van der Waals surface area (Å²) in [4.78, 5) is 0. The third-order valence-corrected chi connectivity index (χ3v) is 1.53. The van der Waals surface area contributed by atoms with Crippen LogP contribution in [0.3, 0.4) is 0 Å². The quantitative estimate of drug-likeness (QED) is 0.670. The third-order valence-electron chi connectivity index (χ3n) is 1.32. The van der Waals surface area contributed by atoms with Gasteiger partial charge in [-0.1, -0.05) is 11.6 Å². The smallest absolute Gasteiger partial charge is 0.316 e. The molecule has 1 aromatic carbocycles. The summed E-state index contributed by atoms with van der Waals surface area (Å²) in [6.45, 7) is 0. The summed E-state index contributed by atoms with van der Waals surface area (Å²) in [5.41, 5.74) is 0. The molecule has 0 aliphatic carbocycles. The van der Waals surface area contributed by atoms with Crippen molar-refractivity contribution in [2.45, 2.75) is 0 Å². The van der Waals surface area contributed by atoms with Crippen LogP contribution in [0.1, 0.15) is 0 Å². The Hall–Kier alpha value is -0.124. The van der Waals surface area contributed by atoms with Gasteiger partial charge in [-0.2, -0.15) is 0 Å². The highest BCUT2D eigenvalue weighted by Crippen LogP contribution is 2.25. The van der Waals surface area contributed by atoms with Crippen molar-refractivity contribution in [2.24, 2.45) is 0 Å². The van der Waals surface area contributed by atoms with Gasteiger partial charge in [-0.05, 0) is 12.1 Å². The summed E-state index contributed by atoms with van der Waals surface area (Å²) in [6, 6.07) is 5.22. The fourth-order valence-corrected chi connectivity index (χ4v) is 0.988. The Morgan fingerprint density at radius 3 is 1.75 bits per heavy atom. The van der Waals surface area contributed by atoms with E-state index in [0.29, 0.717) is 16.5 Å². The van der Waals surface area contributed by atoms with Gasteiger partial charge in [-0.25, -0.2) is 0 Å². The molecule has 0 aliphatic heterocycles. The minimum atomic E-state index is 0. The van der Waals surface area contributed by atoms with E-state index in [1.807, 2.05) is 0 Å². The van der Waals surface area contributed by atoms with E-state index in [1.54, 1.807) is 32.4 Å². The minimum Gasteiger partial charge on any atom is -0.497 e. The van der Waals surface area contributed by atoms with E-state index in [9.17, 15) is 0 Å². The van der Waals surface area contributed by atoms with Crippen LogP contribution < -0.4 is 9.47 Å². The molecule has 0 atom stereocenters. The fourth-order valence-electron chi connectivity index (χ4n) is 0.773. The fraction of sp³-hybridized carbons (Fsp3) is 0.250. The van der Waals surface area contributed by atoms with Crippen molar-refractivity contribution in [3.05, 3.63) is 23.2 Å². The first-order valence-corrected chi connectivity index (χ1v) is 3.52. The summed E-state index contributed by atoms with van der Waals surface area (Å²) in [7, 11) is 3.18. The number of rotatable bonds is 2. The average Bonchev–Trinajstić information content (AvgIpc) is 2.03. The Labute approximate surface area is 93.0 Å². The van der Waals surface area contributed by atoms with Crippen LogP contribution in [0.2, 0.25) is 5.02 Å². The van der Waals surface area contributed by atoms with E-state index < -0.39 is 0 Å². The van der Waals surface area contributed by atoms with Crippen LogP contribution in [0.4, 0.5) is 0 Å². The van der Waals surface area contributed by atoms with Gasteiger partial charge in [0.05, 0.1) is 14.2 Å². The van der Waals surface area contributed by atoms with E-state index in [-0.39, 0.29) is 23.1 Å². The molecule has 0 bridgehead atoms. The largest absolute Gasteiger partial charge is 0.497 e. The Kier molecular flexibility index (Phi) is 5.45. The number of benzene rings is 1. The summed E-state index contributed by atoms with van der Waals surface area (Å²) in [6.07, 6.45) is 0. The maximum atomic E-state index is 5.75. The lowest BCUT2D eigenvalue weighted by molar-refractivity contribution is 0.394. The zero-order valence-corrected chi connectivity index (χ0v) is 7.18. The molecule has 1 rings (SSSR count). The molecule has 0 spiro atoms. The number of ether oxygens (including phenoxy) is 2. The Balaban J connectivity index is 0.00000121. The molecule has 0 aromatic heterocycles. The van der Waals surface area contributed by atoms with E-state index in [1.165, 1.54) is 0 Å². The normalized spacial score (nSPS) is 8.58. The first-order valence-electron chi connectivity index (χ1n) is 3.15. The van der Waals surface area contributed by atoms with Crippen molar-refractivity contribution in [3.8, 4) is 11.5 Å². The van der Waals surface area contributed by atoms with Crippen LogP contribution in [0.25, 0.3) is 0 Å². The van der Waals surface area contributed by atoms with Crippen molar-refractivity contribution in [1.29, 1.82) is 0 Å². The van der Waals surface area contributed by atoms with Crippen LogP contribution in [-0.4, -0.2) is 37.3 Å². The first kappa shape index (κ1) is 11.9. The second kappa shape index (κ2) is 5.51. The second-order valence-electron chi connectivity index (χ2n) is 2.03. The number of methoxy groups -OCH3 is 2. The van der Waals surface area contributed by atoms with Gasteiger partial charge in [-0.3, -0.25) is 0 Å². The highest BCUT2D eigenvalue weighted by atomic mass is 35.5. The van der Waals surface area contributed by atoms with Crippen LogP contribution in [0.15, 0.2) is 18.2 Å². The predicted octanol–water partition coefficient (Wildman–Crippen LogP) is 1.44.